The van der Waals surface area contributed by atoms with Gasteiger partial charge in [-0.1, -0.05) is 0 Å². The second-order valence-electron chi connectivity index (χ2n) is 5.70. The van der Waals surface area contributed by atoms with E-state index < -0.39 is 37.0 Å². The van der Waals surface area contributed by atoms with Gasteiger partial charge in [-0.2, -0.15) is 0 Å². The molecule has 6 N–H and O–H groups in total. The van der Waals surface area contributed by atoms with E-state index in [0.717, 1.165) is 6.33 Å². The summed E-state index contributed by atoms with van der Waals surface area (Å²) in [6, 6.07) is 0. The molecule has 2 unspecified atom stereocenters. The number of fused-ring (bicyclic) bond motifs is 1. The van der Waals surface area contributed by atoms with Crippen LogP contribution in [0, 0.1) is 0 Å². The van der Waals surface area contributed by atoms with Gasteiger partial charge in [0, 0.05) is 11.7 Å². The number of rotatable bonds is 4. The van der Waals surface area contributed by atoms with Gasteiger partial charge in [-0.15, -0.1) is 11.6 Å². The molecule has 0 spiro atoms. The minimum Gasteiger partial charge on any atom is -0.423 e. The molecule has 0 bridgehead atoms. The summed E-state index contributed by atoms with van der Waals surface area (Å²) in [5, 5.41) is 48.1. The SMILES string of the molecule is C[C@@]1(Cl)C(O)C(CO)O[C@H]1n1cc(B(O)O)c2c(NO)ncnc21. The van der Waals surface area contributed by atoms with Crippen molar-refractivity contribution >= 4 is 41.0 Å². The van der Waals surface area contributed by atoms with Crippen LogP contribution in [-0.2, 0) is 4.74 Å². The number of nitrogens with one attached hydrogen (secondary N) is 1. The quantitative estimate of drug-likeness (QED) is 0.210. The van der Waals surface area contributed by atoms with Crippen LogP contribution >= 0.6 is 11.6 Å². The Hall–Kier alpha value is -1.47. The van der Waals surface area contributed by atoms with Gasteiger partial charge < -0.3 is 29.6 Å². The number of aliphatic hydroxyl groups excluding tert-OH is 2. The molecule has 130 valence electrons. The summed E-state index contributed by atoms with van der Waals surface area (Å²) >= 11 is 6.41. The maximum absolute atomic E-state index is 10.2. The molecule has 3 rings (SSSR count). The fourth-order valence-electron chi connectivity index (χ4n) is 2.94. The Labute approximate surface area is 141 Å². The molecule has 10 nitrogen and oxygen atoms in total. The van der Waals surface area contributed by atoms with Crippen molar-refractivity contribution < 1.29 is 30.2 Å². The summed E-state index contributed by atoms with van der Waals surface area (Å²) in [4.78, 5) is 6.58. The molecular weight excluding hydrogens is 342 g/mol. The summed E-state index contributed by atoms with van der Waals surface area (Å²) in [7, 11) is -1.87. The highest BCUT2D eigenvalue weighted by atomic mass is 35.5. The van der Waals surface area contributed by atoms with E-state index in [0.29, 0.717) is 0 Å². The fraction of sp³-hybridized carbons (Fsp3) is 0.500. The number of hydrogen-bond acceptors (Lipinski definition) is 9. The molecule has 1 saturated heterocycles. The van der Waals surface area contributed by atoms with Crippen molar-refractivity contribution in [2.24, 2.45) is 0 Å². The predicted octanol–water partition coefficient (Wildman–Crippen LogP) is -1.84. The molecule has 1 fully saturated rings. The molecule has 0 saturated carbocycles. The lowest BCUT2D eigenvalue weighted by Gasteiger charge is -2.26. The lowest BCUT2D eigenvalue weighted by molar-refractivity contribution is -0.0439. The minimum atomic E-state index is -1.87. The monoisotopic (exact) mass is 358 g/mol. The van der Waals surface area contributed by atoms with E-state index in [2.05, 4.69) is 9.97 Å². The fourth-order valence-corrected chi connectivity index (χ4v) is 3.23. The van der Waals surface area contributed by atoms with Gasteiger partial charge >= 0.3 is 7.12 Å². The van der Waals surface area contributed by atoms with Crippen LogP contribution in [0.4, 0.5) is 5.82 Å². The molecular formula is C12H16BClN4O6. The van der Waals surface area contributed by atoms with Gasteiger partial charge in [0.25, 0.3) is 0 Å². The molecule has 24 heavy (non-hydrogen) atoms. The van der Waals surface area contributed by atoms with Crippen molar-refractivity contribution in [1.82, 2.24) is 14.5 Å². The van der Waals surface area contributed by atoms with Crippen molar-refractivity contribution in [3.63, 3.8) is 0 Å². The van der Waals surface area contributed by atoms with Crippen molar-refractivity contribution in [1.29, 1.82) is 0 Å². The molecule has 3 heterocycles. The third-order valence-electron chi connectivity index (χ3n) is 4.17. The minimum absolute atomic E-state index is 0.0140. The maximum Gasteiger partial charge on any atom is 0.490 e. The summed E-state index contributed by atoms with van der Waals surface area (Å²) < 4.78 is 7.02. The van der Waals surface area contributed by atoms with Crippen LogP contribution in [-0.4, -0.2) is 70.8 Å². The Morgan fingerprint density at radius 1 is 1.46 bits per heavy atom. The lowest BCUT2D eigenvalue weighted by Crippen LogP contribution is -2.39. The van der Waals surface area contributed by atoms with Crippen LogP contribution < -0.4 is 10.9 Å². The predicted molar refractivity (Wildman–Crippen MR) is 84.0 cm³/mol. The average Bonchev–Trinajstić information content (AvgIpc) is 3.04. The molecule has 0 aliphatic carbocycles. The Morgan fingerprint density at radius 2 is 2.17 bits per heavy atom. The molecule has 12 heteroatoms. The normalized spacial score (nSPS) is 30.0. The van der Waals surface area contributed by atoms with E-state index in [-0.39, 0.29) is 22.3 Å². The number of halogens is 1. The number of aliphatic hydroxyl groups is 2. The number of anilines is 1. The summed E-state index contributed by atoms with van der Waals surface area (Å²) in [6.07, 6.45) is -0.530. The standard InChI is InChI=1S/C12H16BClN4O6/c1-12(14)8(20)6(3-19)24-11(12)18-2-5(13(21)22)7-9(17-23)15-4-16-10(7)18/h2,4,6,8,11,19-23H,3H2,1H3,(H,15,16,17)/t6?,8?,11-,12-/m1/s1. The second-order valence-corrected chi connectivity index (χ2v) is 6.52. The molecule has 0 aromatic carbocycles. The van der Waals surface area contributed by atoms with Crippen LogP contribution in [0.3, 0.4) is 0 Å². The molecule has 0 amide bonds. The first kappa shape index (κ1) is 17.4. The second kappa shape index (κ2) is 6.12. The summed E-state index contributed by atoms with van der Waals surface area (Å²) in [5.41, 5.74) is 2.08. The van der Waals surface area contributed by atoms with E-state index in [1.165, 1.54) is 17.7 Å². The van der Waals surface area contributed by atoms with Crippen LogP contribution in [0.1, 0.15) is 13.2 Å². The molecule has 1 aliphatic heterocycles. The summed E-state index contributed by atoms with van der Waals surface area (Å²) in [5.74, 6) is -0.0321. The highest BCUT2D eigenvalue weighted by Gasteiger charge is 2.53. The Kier molecular flexibility index (Phi) is 4.42. The zero-order valence-electron chi connectivity index (χ0n) is 12.5. The molecule has 2 aromatic heterocycles. The topological polar surface area (TPSA) is 153 Å². The van der Waals surface area contributed by atoms with E-state index >= 15 is 0 Å². The summed E-state index contributed by atoms with van der Waals surface area (Å²) in [6.45, 7) is 1.10. The number of aromatic nitrogens is 3. The van der Waals surface area contributed by atoms with Crippen LogP contribution in [0.2, 0.25) is 0 Å². The van der Waals surface area contributed by atoms with Crippen LogP contribution in [0.25, 0.3) is 11.0 Å². The van der Waals surface area contributed by atoms with Crippen molar-refractivity contribution in [2.75, 3.05) is 12.1 Å². The molecule has 4 atom stereocenters. The molecule has 1 aliphatic rings. The number of nitrogens with zero attached hydrogens (tertiary/aromatic N) is 3. The first-order chi connectivity index (χ1) is 11.3. The largest absolute Gasteiger partial charge is 0.490 e. The highest BCUT2D eigenvalue weighted by molar-refractivity contribution is 6.62. The Bertz CT molecular complexity index is 756. The van der Waals surface area contributed by atoms with Gasteiger partial charge in [0.05, 0.1) is 12.0 Å². The third-order valence-corrected chi connectivity index (χ3v) is 4.58. The van der Waals surface area contributed by atoms with Gasteiger partial charge in [-0.25, -0.2) is 9.97 Å². The van der Waals surface area contributed by atoms with Gasteiger partial charge in [-0.05, 0) is 6.92 Å². The van der Waals surface area contributed by atoms with E-state index in [1.54, 1.807) is 0 Å². The van der Waals surface area contributed by atoms with Crippen LogP contribution in [0.5, 0.6) is 0 Å². The smallest absolute Gasteiger partial charge is 0.423 e. The first-order valence-corrected chi connectivity index (χ1v) is 7.45. The number of alkyl halides is 1. The average molecular weight is 359 g/mol. The highest BCUT2D eigenvalue weighted by Crippen LogP contribution is 2.44. The van der Waals surface area contributed by atoms with Crippen molar-refractivity contribution in [2.45, 2.75) is 30.2 Å². The Balaban J connectivity index is 2.21. The lowest BCUT2D eigenvalue weighted by atomic mass is 9.80. The number of hydrogen-bond donors (Lipinski definition) is 6. The molecule has 2 aromatic rings. The van der Waals surface area contributed by atoms with Crippen molar-refractivity contribution in [3.8, 4) is 0 Å². The van der Waals surface area contributed by atoms with E-state index in [4.69, 9.17) is 16.3 Å². The maximum atomic E-state index is 10.2. The zero-order chi connectivity index (χ0) is 17.6. The third kappa shape index (κ3) is 2.45. The van der Waals surface area contributed by atoms with Gasteiger partial charge in [0.2, 0.25) is 0 Å². The molecule has 0 radical (unpaired) electrons. The number of ether oxygens (including phenoxy) is 1. The van der Waals surface area contributed by atoms with E-state index in [1.807, 2.05) is 5.48 Å². The van der Waals surface area contributed by atoms with Gasteiger partial charge in [0.15, 0.2) is 12.0 Å². The van der Waals surface area contributed by atoms with Gasteiger partial charge in [-0.3, -0.25) is 10.7 Å². The van der Waals surface area contributed by atoms with Crippen molar-refractivity contribution in [3.05, 3.63) is 12.5 Å². The van der Waals surface area contributed by atoms with E-state index in [9.17, 15) is 25.5 Å². The zero-order valence-corrected chi connectivity index (χ0v) is 13.3. The first-order valence-electron chi connectivity index (χ1n) is 7.07. The Morgan fingerprint density at radius 3 is 2.71 bits per heavy atom. The van der Waals surface area contributed by atoms with Gasteiger partial charge in [0.1, 0.15) is 29.1 Å². The van der Waals surface area contributed by atoms with Crippen LogP contribution in [0.15, 0.2) is 12.5 Å².